The number of aliphatic hydroxyl groups is 3. The zero-order valence-electron chi connectivity index (χ0n) is 22.8. The van der Waals surface area contributed by atoms with Crippen LogP contribution in [0.2, 0.25) is 0 Å². The van der Waals surface area contributed by atoms with Crippen molar-refractivity contribution in [2.75, 3.05) is 0 Å². The molecule has 4 saturated carbocycles. The zero-order chi connectivity index (χ0) is 27.0. The largest absolute Gasteiger partial charge is 0.408 e. The zero-order valence-corrected chi connectivity index (χ0v) is 22.8. The summed E-state index contributed by atoms with van der Waals surface area (Å²) in [6, 6.07) is 3.91. The molecule has 38 heavy (non-hydrogen) atoms. The first-order valence-corrected chi connectivity index (χ1v) is 14.7. The van der Waals surface area contributed by atoms with Gasteiger partial charge in [0.05, 0.1) is 29.2 Å². The fourth-order valence-corrected chi connectivity index (χ4v) is 9.88. The number of fused-ring (bicyclic) bond motifs is 6. The molecule has 2 aromatic rings. The van der Waals surface area contributed by atoms with Crippen molar-refractivity contribution in [1.82, 2.24) is 4.98 Å². The number of nitrogens with zero attached hydrogens (tertiary/aromatic N) is 1. The van der Waals surface area contributed by atoms with E-state index in [1.807, 2.05) is 0 Å². The monoisotopic (exact) mass is 527 g/mol. The predicted molar refractivity (Wildman–Crippen MR) is 142 cm³/mol. The quantitative estimate of drug-likeness (QED) is 0.525. The molecule has 1 heterocycles. The van der Waals surface area contributed by atoms with Gasteiger partial charge < -0.3 is 19.7 Å². The van der Waals surface area contributed by atoms with Crippen molar-refractivity contribution in [3.05, 3.63) is 40.3 Å². The minimum absolute atomic E-state index is 0.0634. The summed E-state index contributed by atoms with van der Waals surface area (Å²) in [6.45, 7) is 6.82. The van der Waals surface area contributed by atoms with Crippen molar-refractivity contribution >= 4 is 10.9 Å². The molecule has 6 nitrogen and oxygen atoms in total. The number of rotatable bonds is 4. The second kappa shape index (κ2) is 9.38. The molecule has 208 valence electrons. The number of aryl methyl sites for hydroxylation is 1. The van der Waals surface area contributed by atoms with Crippen molar-refractivity contribution in [1.29, 1.82) is 0 Å². The van der Waals surface area contributed by atoms with Gasteiger partial charge in [-0.25, -0.2) is 14.2 Å². The van der Waals surface area contributed by atoms with E-state index < -0.39 is 17.5 Å². The number of hydrogen-bond donors (Lipinski definition) is 3. The summed E-state index contributed by atoms with van der Waals surface area (Å²) in [4.78, 5) is 16.8. The summed E-state index contributed by atoms with van der Waals surface area (Å²) in [6.07, 6.45) is 6.18. The minimum Gasteiger partial charge on any atom is -0.408 e. The highest BCUT2D eigenvalue weighted by molar-refractivity contribution is 5.76. The highest BCUT2D eigenvalue weighted by Gasteiger charge is 2.65. The highest BCUT2D eigenvalue weighted by atomic mass is 19.1. The third-order valence-electron chi connectivity index (χ3n) is 12.0. The van der Waals surface area contributed by atoms with Gasteiger partial charge in [0.25, 0.3) is 0 Å². The molecule has 7 heteroatoms. The maximum Gasteiger partial charge on any atom is 0.346 e. The molecule has 4 aliphatic carbocycles. The number of hydrogen-bond acceptors (Lipinski definition) is 6. The molecule has 0 radical (unpaired) electrons. The molecular weight excluding hydrogens is 485 g/mol. The lowest BCUT2D eigenvalue weighted by molar-refractivity contribution is -0.207. The fraction of sp³-hybridized carbons (Fsp3) is 0.742. The van der Waals surface area contributed by atoms with Crippen LogP contribution in [-0.2, 0) is 6.42 Å². The van der Waals surface area contributed by atoms with E-state index in [9.17, 15) is 24.5 Å². The Hall–Kier alpha value is -1.83. The summed E-state index contributed by atoms with van der Waals surface area (Å²) in [5, 5.41) is 33.8. The van der Waals surface area contributed by atoms with E-state index in [0.717, 1.165) is 44.9 Å². The van der Waals surface area contributed by atoms with E-state index in [4.69, 9.17) is 4.42 Å². The van der Waals surface area contributed by atoms with E-state index >= 15 is 0 Å². The van der Waals surface area contributed by atoms with Crippen LogP contribution in [0.15, 0.2) is 27.4 Å². The van der Waals surface area contributed by atoms with Crippen LogP contribution in [0.4, 0.5) is 4.39 Å². The van der Waals surface area contributed by atoms with Crippen molar-refractivity contribution < 1.29 is 24.1 Å². The summed E-state index contributed by atoms with van der Waals surface area (Å²) in [7, 11) is 0. The molecule has 4 aliphatic rings. The van der Waals surface area contributed by atoms with Gasteiger partial charge in [-0.2, -0.15) is 0 Å². The lowest BCUT2D eigenvalue weighted by atomic mass is 9.43. The molecule has 0 bridgehead atoms. The van der Waals surface area contributed by atoms with Crippen LogP contribution in [0.5, 0.6) is 0 Å². The fourth-order valence-electron chi connectivity index (χ4n) is 9.88. The Morgan fingerprint density at radius 1 is 1.11 bits per heavy atom. The number of aromatic nitrogens is 1. The van der Waals surface area contributed by atoms with Gasteiger partial charge in [-0.15, -0.1) is 0 Å². The second-order valence-corrected chi connectivity index (χ2v) is 13.6. The summed E-state index contributed by atoms with van der Waals surface area (Å²) in [5.74, 6) is 1.49. The Bertz CT molecular complexity index is 1260. The standard InChI is InChI=1S/C31H42FNO5/c1-16(4-9-27-33-24-14-18(32)5-6-20(24)29(37)38-27)21-7-8-22-28-23(15-26(36)31(21,22)3)30(2)11-10-19(34)12-17(30)13-25(28)35/h5-6,14,16-17,19,21-23,25-26,28,34-36H,4,7-13,15H2,1-3H3/t16-,17+,19-,21-,22+,23?,25-,26+,28+,30+,31-/m1/s1. The smallest absolute Gasteiger partial charge is 0.346 e. The van der Waals surface area contributed by atoms with Crippen LogP contribution in [0.3, 0.4) is 0 Å². The Balaban J connectivity index is 1.21. The van der Waals surface area contributed by atoms with Gasteiger partial charge in [-0.3, -0.25) is 0 Å². The SMILES string of the molecule is C[C@H](CCc1nc2cc(F)ccc2c(=O)o1)[C@H]1CC[C@H]2[C@H]3C(C[C@H](O)[C@]12C)[C@@]1(C)CC[C@@H](O)C[C@H]1C[C@H]3O. The first-order valence-electron chi connectivity index (χ1n) is 14.7. The van der Waals surface area contributed by atoms with Gasteiger partial charge in [0, 0.05) is 12.5 Å². The Morgan fingerprint density at radius 3 is 2.68 bits per heavy atom. The normalized spacial score (nSPS) is 43.3. The Labute approximate surface area is 223 Å². The van der Waals surface area contributed by atoms with E-state index in [2.05, 4.69) is 25.8 Å². The Kier molecular flexibility index (Phi) is 6.51. The van der Waals surface area contributed by atoms with Crippen LogP contribution < -0.4 is 5.63 Å². The number of halogens is 1. The minimum atomic E-state index is -0.493. The maximum atomic E-state index is 13.7. The van der Waals surface area contributed by atoms with Gasteiger partial charge in [-0.1, -0.05) is 20.8 Å². The summed E-state index contributed by atoms with van der Waals surface area (Å²) >= 11 is 0. The third kappa shape index (κ3) is 3.98. The van der Waals surface area contributed by atoms with Crippen molar-refractivity contribution in [3.8, 4) is 0 Å². The van der Waals surface area contributed by atoms with E-state index in [-0.39, 0.29) is 52.1 Å². The van der Waals surface area contributed by atoms with Crippen LogP contribution in [0.1, 0.15) is 78.0 Å². The summed E-state index contributed by atoms with van der Waals surface area (Å²) in [5.41, 5.74) is -0.389. The van der Waals surface area contributed by atoms with Crippen LogP contribution in [0, 0.1) is 52.2 Å². The molecule has 0 saturated heterocycles. The van der Waals surface area contributed by atoms with Crippen LogP contribution in [-0.4, -0.2) is 38.6 Å². The molecule has 0 amide bonds. The van der Waals surface area contributed by atoms with Crippen molar-refractivity contribution in [2.24, 2.45) is 46.3 Å². The maximum absolute atomic E-state index is 13.7. The molecule has 6 rings (SSSR count). The first kappa shape index (κ1) is 26.4. The molecule has 1 unspecified atom stereocenters. The van der Waals surface area contributed by atoms with Crippen molar-refractivity contribution in [3.63, 3.8) is 0 Å². The van der Waals surface area contributed by atoms with E-state index in [1.54, 1.807) is 0 Å². The average Bonchev–Trinajstić information content (AvgIpc) is 3.22. The van der Waals surface area contributed by atoms with Gasteiger partial charge in [-0.05, 0) is 110 Å². The molecular formula is C31H42FNO5. The molecule has 4 fully saturated rings. The second-order valence-electron chi connectivity index (χ2n) is 13.6. The lowest BCUT2D eigenvalue weighted by Crippen LogP contribution is -2.62. The van der Waals surface area contributed by atoms with Crippen LogP contribution in [0.25, 0.3) is 10.9 Å². The van der Waals surface area contributed by atoms with E-state index in [1.165, 1.54) is 18.2 Å². The van der Waals surface area contributed by atoms with Crippen molar-refractivity contribution in [2.45, 2.75) is 96.9 Å². The molecule has 0 spiro atoms. The third-order valence-corrected chi connectivity index (χ3v) is 12.0. The van der Waals surface area contributed by atoms with E-state index in [0.29, 0.717) is 36.1 Å². The lowest BCUT2D eigenvalue weighted by Gasteiger charge is -2.63. The van der Waals surface area contributed by atoms with Crippen LogP contribution >= 0.6 is 0 Å². The highest BCUT2D eigenvalue weighted by Crippen LogP contribution is 2.68. The number of benzene rings is 1. The Morgan fingerprint density at radius 2 is 1.89 bits per heavy atom. The van der Waals surface area contributed by atoms with Gasteiger partial charge in [0.15, 0.2) is 5.89 Å². The van der Waals surface area contributed by atoms with Gasteiger partial charge in [0.2, 0.25) is 0 Å². The predicted octanol–water partition coefficient (Wildman–Crippen LogP) is 4.86. The average molecular weight is 528 g/mol. The molecule has 1 aromatic carbocycles. The number of aliphatic hydroxyl groups excluding tert-OH is 3. The molecule has 0 aliphatic heterocycles. The summed E-state index contributed by atoms with van der Waals surface area (Å²) < 4.78 is 19.2. The molecule has 3 N–H and O–H groups in total. The molecule has 1 aromatic heterocycles. The molecule has 11 atom stereocenters. The first-order chi connectivity index (χ1) is 18.0. The topological polar surface area (TPSA) is 104 Å². The van der Waals surface area contributed by atoms with Gasteiger partial charge in [0.1, 0.15) is 5.82 Å². The van der Waals surface area contributed by atoms with Gasteiger partial charge >= 0.3 is 5.63 Å².